The van der Waals surface area contributed by atoms with Gasteiger partial charge < -0.3 is 10.5 Å². The fraction of sp³-hybridized carbons (Fsp3) is 0.375. The lowest BCUT2D eigenvalue weighted by atomic mass is 9.87. The Bertz CT molecular complexity index is 497. The summed E-state index contributed by atoms with van der Waals surface area (Å²) in [6.45, 7) is 7.10. The molecule has 2 N–H and O–H groups in total. The summed E-state index contributed by atoms with van der Waals surface area (Å²) in [5.41, 5.74) is 7.26. The van der Waals surface area contributed by atoms with Crippen molar-refractivity contribution in [3.8, 4) is 5.75 Å². The van der Waals surface area contributed by atoms with Crippen molar-refractivity contribution in [1.82, 2.24) is 0 Å². The predicted octanol–water partition coefficient (Wildman–Crippen LogP) is 4.12. The van der Waals surface area contributed by atoms with Gasteiger partial charge in [0, 0.05) is 11.4 Å². The van der Waals surface area contributed by atoms with Gasteiger partial charge in [-0.2, -0.15) is 0 Å². The van der Waals surface area contributed by atoms with Crippen molar-refractivity contribution < 1.29 is 4.74 Å². The summed E-state index contributed by atoms with van der Waals surface area (Å²) in [6.07, 6.45) is -0.0551. The highest BCUT2D eigenvalue weighted by Crippen LogP contribution is 2.28. The second kappa shape index (κ2) is 5.76. The van der Waals surface area contributed by atoms with Crippen LogP contribution in [0.3, 0.4) is 0 Å². The first kappa shape index (κ1) is 14.1. The summed E-state index contributed by atoms with van der Waals surface area (Å²) in [4.78, 5) is 1.17. The molecular formula is C16H21NOS. The molecule has 0 saturated carbocycles. The molecule has 19 heavy (non-hydrogen) atoms. The molecule has 102 valence electrons. The highest BCUT2D eigenvalue weighted by Gasteiger charge is 2.15. The number of benzene rings is 1. The van der Waals surface area contributed by atoms with Crippen LogP contribution in [-0.2, 0) is 5.41 Å². The highest BCUT2D eigenvalue weighted by molar-refractivity contribution is 7.10. The zero-order chi connectivity index (χ0) is 13.9. The molecule has 3 heteroatoms. The van der Waals surface area contributed by atoms with Crippen LogP contribution in [0, 0.1) is 0 Å². The molecule has 0 bridgehead atoms. The molecule has 1 unspecified atom stereocenters. The summed E-state index contributed by atoms with van der Waals surface area (Å²) < 4.78 is 5.96. The maximum atomic E-state index is 5.96. The zero-order valence-electron chi connectivity index (χ0n) is 11.7. The molecular weight excluding hydrogens is 254 g/mol. The highest BCUT2D eigenvalue weighted by atomic mass is 32.1. The summed E-state index contributed by atoms with van der Waals surface area (Å²) >= 11 is 1.68. The Morgan fingerprint density at radius 2 is 1.84 bits per heavy atom. The van der Waals surface area contributed by atoms with Crippen molar-refractivity contribution in [3.05, 3.63) is 52.2 Å². The number of nitrogens with two attached hydrogens (primary N) is 1. The first-order chi connectivity index (χ1) is 9.00. The van der Waals surface area contributed by atoms with Gasteiger partial charge in [-0.1, -0.05) is 39.0 Å². The average molecular weight is 275 g/mol. The lowest BCUT2D eigenvalue weighted by Crippen LogP contribution is -2.17. The quantitative estimate of drug-likeness (QED) is 0.910. The SMILES string of the molecule is CC(C)(C)c1ccc(OC(CN)c2cccs2)cc1. The standard InChI is InChI=1S/C16H21NOS/c1-16(2,3)12-6-8-13(9-7-12)18-14(11-17)15-5-4-10-19-15/h4-10,14H,11,17H2,1-3H3. The summed E-state index contributed by atoms with van der Waals surface area (Å²) in [5, 5.41) is 2.05. The van der Waals surface area contributed by atoms with Gasteiger partial charge in [0.25, 0.3) is 0 Å². The summed E-state index contributed by atoms with van der Waals surface area (Å²) in [6, 6.07) is 12.4. The summed E-state index contributed by atoms with van der Waals surface area (Å²) in [7, 11) is 0. The minimum atomic E-state index is -0.0551. The van der Waals surface area contributed by atoms with Crippen LogP contribution in [0.15, 0.2) is 41.8 Å². The van der Waals surface area contributed by atoms with E-state index in [1.165, 1.54) is 10.4 Å². The van der Waals surface area contributed by atoms with Crippen molar-refractivity contribution in [2.24, 2.45) is 5.73 Å². The van der Waals surface area contributed by atoms with Crippen LogP contribution >= 0.6 is 11.3 Å². The lowest BCUT2D eigenvalue weighted by Gasteiger charge is -2.20. The molecule has 0 aliphatic rings. The Hall–Kier alpha value is -1.32. The molecule has 0 fully saturated rings. The number of rotatable bonds is 4. The van der Waals surface area contributed by atoms with E-state index in [0.717, 1.165) is 5.75 Å². The molecule has 1 atom stereocenters. The van der Waals surface area contributed by atoms with Crippen LogP contribution in [0.2, 0.25) is 0 Å². The van der Waals surface area contributed by atoms with Gasteiger partial charge in [0.15, 0.2) is 0 Å². The molecule has 0 spiro atoms. The molecule has 2 rings (SSSR count). The van der Waals surface area contributed by atoms with Crippen molar-refractivity contribution in [1.29, 1.82) is 0 Å². The normalized spacial score (nSPS) is 13.3. The monoisotopic (exact) mass is 275 g/mol. The number of ether oxygens (including phenoxy) is 1. The van der Waals surface area contributed by atoms with E-state index >= 15 is 0 Å². The topological polar surface area (TPSA) is 35.2 Å². The van der Waals surface area contributed by atoms with Crippen molar-refractivity contribution in [2.45, 2.75) is 32.3 Å². The van der Waals surface area contributed by atoms with E-state index in [9.17, 15) is 0 Å². The molecule has 1 heterocycles. The van der Waals surface area contributed by atoms with Gasteiger partial charge >= 0.3 is 0 Å². The average Bonchev–Trinajstić information content (AvgIpc) is 2.89. The zero-order valence-corrected chi connectivity index (χ0v) is 12.5. The Kier molecular flexibility index (Phi) is 4.27. The third-order valence-electron chi connectivity index (χ3n) is 3.07. The lowest BCUT2D eigenvalue weighted by molar-refractivity contribution is 0.218. The van der Waals surface area contributed by atoms with E-state index in [-0.39, 0.29) is 11.5 Å². The molecule has 0 amide bonds. The van der Waals surface area contributed by atoms with Gasteiger partial charge in [0.2, 0.25) is 0 Å². The minimum absolute atomic E-state index is 0.0551. The Labute approximate surface area is 119 Å². The van der Waals surface area contributed by atoms with E-state index in [1.807, 2.05) is 23.6 Å². The van der Waals surface area contributed by atoms with Gasteiger partial charge in [-0.05, 0) is 34.6 Å². The van der Waals surface area contributed by atoms with E-state index < -0.39 is 0 Å². The van der Waals surface area contributed by atoms with Gasteiger partial charge in [0.1, 0.15) is 11.9 Å². The molecule has 0 saturated heterocycles. The van der Waals surface area contributed by atoms with Gasteiger partial charge in [-0.15, -0.1) is 11.3 Å². The molecule has 2 aromatic rings. The first-order valence-corrected chi connectivity index (χ1v) is 7.39. The Balaban J connectivity index is 2.11. The van der Waals surface area contributed by atoms with Crippen molar-refractivity contribution >= 4 is 11.3 Å². The van der Waals surface area contributed by atoms with E-state index in [2.05, 4.69) is 39.0 Å². The number of hydrogen-bond donors (Lipinski definition) is 1. The van der Waals surface area contributed by atoms with Gasteiger partial charge in [-0.25, -0.2) is 0 Å². The van der Waals surface area contributed by atoms with E-state index in [0.29, 0.717) is 6.54 Å². The molecule has 2 nitrogen and oxygen atoms in total. The molecule has 0 aliphatic carbocycles. The second-order valence-electron chi connectivity index (χ2n) is 5.63. The van der Waals surface area contributed by atoms with Gasteiger partial charge in [-0.3, -0.25) is 0 Å². The smallest absolute Gasteiger partial charge is 0.145 e. The van der Waals surface area contributed by atoms with Crippen molar-refractivity contribution in [3.63, 3.8) is 0 Å². The van der Waals surface area contributed by atoms with Crippen LogP contribution < -0.4 is 10.5 Å². The van der Waals surface area contributed by atoms with E-state index in [4.69, 9.17) is 10.5 Å². The Morgan fingerprint density at radius 1 is 1.16 bits per heavy atom. The summed E-state index contributed by atoms with van der Waals surface area (Å²) in [5.74, 6) is 0.872. The minimum Gasteiger partial charge on any atom is -0.484 e. The fourth-order valence-electron chi connectivity index (χ4n) is 1.89. The maximum Gasteiger partial charge on any atom is 0.145 e. The Morgan fingerprint density at radius 3 is 2.32 bits per heavy atom. The van der Waals surface area contributed by atoms with Crippen LogP contribution in [-0.4, -0.2) is 6.54 Å². The van der Waals surface area contributed by atoms with Crippen LogP contribution in [0.25, 0.3) is 0 Å². The van der Waals surface area contributed by atoms with E-state index in [1.54, 1.807) is 11.3 Å². The number of hydrogen-bond acceptors (Lipinski definition) is 3. The number of thiophene rings is 1. The molecule has 1 aromatic carbocycles. The van der Waals surface area contributed by atoms with Crippen LogP contribution in [0.4, 0.5) is 0 Å². The van der Waals surface area contributed by atoms with Crippen LogP contribution in [0.5, 0.6) is 5.75 Å². The third-order valence-corrected chi connectivity index (χ3v) is 4.04. The third kappa shape index (κ3) is 3.58. The predicted molar refractivity (Wildman–Crippen MR) is 81.9 cm³/mol. The molecule has 1 aromatic heterocycles. The molecule has 0 radical (unpaired) electrons. The molecule has 0 aliphatic heterocycles. The first-order valence-electron chi connectivity index (χ1n) is 6.51. The van der Waals surface area contributed by atoms with Crippen LogP contribution in [0.1, 0.15) is 37.3 Å². The van der Waals surface area contributed by atoms with Gasteiger partial charge in [0.05, 0.1) is 0 Å². The van der Waals surface area contributed by atoms with Crippen molar-refractivity contribution in [2.75, 3.05) is 6.54 Å². The second-order valence-corrected chi connectivity index (χ2v) is 6.61. The fourth-order valence-corrected chi connectivity index (χ4v) is 2.66. The largest absolute Gasteiger partial charge is 0.484 e. The maximum absolute atomic E-state index is 5.96.